The highest BCUT2D eigenvalue weighted by Crippen LogP contribution is 2.19. The second-order valence-electron chi connectivity index (χ2n) is 6.71. The minimum absolute atomic E-state index is 0.0453. The summed E-state index contributed by atoms with van der Waals surface area (Å²) in [5.41, 5.74) is 0.740. The van der Waals surface area contributed by atoms with Gasteiger partial charge in [-0.15, -0.1) is 0 Å². The molecule has 2 N–H and O–H groups in total. The van der Waals surface area contributed by atoms with Crippen LogP contribution >= 0.6 is 0 Å². The average molecular weight is 396 g/mol. The first-order valence-corrected chi connectivity index (χ1v) is 9.89. The van der Waals surface area contributed by atoms with Crippen molar-refractivity contribution in [2.75, 3.05) is 5.32 Å². The van der Waals surface area contributed by atoms with Crippen LogP contribution in [0.4, 0.5) is 14.5 Å². The molecule has 0 bridgehead atoms. The monoisotopic (exact) mass is 396 g/mol. The normalized spacial score (nSPS) is 12.9. The van der Waals surface area contributed by atoms with E-state index in [4.69, 9.17) is 0 Å². The molecule has 8 heteroatoms. The third-order valence-electron chi connectivity index (χ3n) is 4.28. The van der Waals surface area contributed by atoms with E-state index >= 15 is 0 Å². The molecule has 1 atom stereocenters. The lowest BCUT2D eigenvalue weighted by atomic mass is 10.1. The summed E-state index contributed by atoms with van der Waals surface area (Å²) in [6.07, 6.45) is 0. The van der Waals surface area contributed by atoms with Gasteiger partial charge >= 0.3 is 0 Å². The van der Waals surface area contributed by atoms with E-state index in [-0.39, 0.29) is 28.1 Å². The van der Waals surface area contributed by atoms with Gasteiger partial charge in [0.15, 0.2) is 11.6 Å². The summed E-state index contributed by atoms with van der Waals surface area (Å²) < 4.78 is 54.0. The number of anilines is 1. The summed E-state index contributed by atoms with van der Waals surface area (Å²) in [5, 5.41) is 2.44. The lowest BCUT2D eigenvalue weighted by Crippen LogP contribution is -2.36. The maximum absolute atomic E-state index is 13.3. The molecule has 0 aromatic heterocycles. The van der Waals surface area contributed by atoms with E-state index < -0.39 is 27.6 Å². The Hall–Kier alpha value is -2.32. The predicted molar refractivity (Wildman–Crippen MR) is 100 cm³/mol. The maximum Gasteiger partial charge on any atom is 0.255 e. The van der Waals surface area contributed by atoms with Crippen molar-refractivity contribution in [3.63, 3.8) is 0 Å². The van der Waals surface area contributed by atoms with Crippen LogP contribution in [0.15, 0.2) is 41.3 Å². The Bertz CT molecular complexity index is 959. The van der Waals surface area contributed by atoms with Crippen molar-refractivity contribution in [1.82, 2.24) is 4.72 Å². The second kappa shape index (κ2) is 8.14. The largest absolute Gasteiger partial charge is 0.322 e. The Morgan fingerprint density at radius 2 is 1.67 bits per heavy atom. The van der Waals surface area contributed by atoms with Crippen molar-refractivity contribution < 1.29 is 22.0 Å². The molecule has 0 fully saturated rings. The predicted octanol–water partition coefficient (Wildman–Crippen LogP) is 3.85. The lowest BCUT2D eigenvalue weighted by Gasteiger charge is -2.18. The molecular weight excluding hydrogens is 374 g/mol. The number of benzene rings is 2. The summed E-state index contributed by atoms with van der Waals surface area (Å²) in [7, 11) is -3.80. The Labute approximate surface area is 157 Å². The van der Waals surface area contributed by atoms with Crippen LogP contribution in [0.1, 0.15) is 36.7 Å². The summed E-state index contributed by atoms with van der Waals surface area (Å²) in [6.45, 7) is 7.19. The fourth-order valence-corrected chi connectivity index (χ4v) is 3.65. The highest BCUT2D eigenvalue weighted by Gasteiger charge is 2.21. The van der Waals surface area contributed by atoms with Crippen LogP contribution in [0, 0.1) is 24.5 Å². The van der Waals surface area contributed by atoms with Gasteiger partial charge in [0.05, 0.1) is 4.90 Å². The van der Waals surface area contributed by atoms with Gasteiger partial charge in [0.1, 0.15) is 0 Å². The van der Waals surface area contributed by atoms with Crippen LogP contribution in [0.5, 0.6) is 0 Å². The number of hydrogen-bond donors (Lipinski definition) is 2. The zero-order valence-corrected chi connectivity index (χ0v) is 16.3. The van der Waals surface area contributed by atoms with Crippen LogP contribution in [0.3, 0.4) is 0 Å². The molecule has 1 unspecified atom stereocenters. The first-order chi connectivity index (χ1) is 12.5. The van der Waals surface area contributed by atoms with E-state index in [1.165, 1.54) is 24.3 Å². The molecule has 1 amide bonds. The molecule has 27 heavy (non-hydrogen) atoms. The Morgan fingerprint density at radius 3 is 2.26 bits per heavy atom. The van der Waals surface area contributed by atoms with Crippen molar-refractivity contribution in [2.45, 2.75) is 38.6 Å². The number of carbonyl (C=O) groups is 1. The van der Waals surface area contributed by atoms with Crippen molar-refractivity contribution in [1.29, 1.82) is 0 Å². The van der Waals surface area contributed by atoms with E-state index in [1.807, 2.05) is 13.8 Å². The summed E-state index contributed by atoms with van der Waals surface area (Å²) in [4.78, 5) is 12.5. The molecule has 2 aromatic rings. The van der Waals surface area contributed by atoms with Gasteiger partial charge in [-0.3, -0.25) is 4.79 Å². The summed E-state index contributed by atoms with van der Waals surface area (Å²) in [5.74, 6) is -2.64. The van der Waals surface area contributed by atoms with Gasteiger partial charge in [0, 0.05) is 23.4 Å². The molecule has 0 saturated carbocycles. The molecule has 0 radical (unpaired) electrons. The second-order valence-corrected chi connectivity index (χ2v) is 8.43. The fourth-order valence-electron chi connectivity index (χ4n) is 2.23. The third-order valence-corrected chi connectivity index (χ3v) is 5.84. The van der Waals surface area contributed by atoms with E-state index in [9.17, 15) is 22.0 Å². The minimum Gasteiger partial charge on any atom is -0.322 e. The highest BCUT2D eigenvalue weighted by molar-refractivity contribution is 7.89. The lowest BCUT2D eigenvalue weighted by molar-refractivity contribution is 0.102. The van der Waals surface area contributed by atoms with Crippen LogP contribution < -0.4 is 10.0 Å². The van der Waals surface area contributed by atoms with Crippen LogP contribution in [-0.2, 0) is 10.0 Å². The smallest absolute Gasteiger partial charge is 0.255 e. The Kier molecular flexibility index (Phi) is 6.33. The van der Waals surface area contributed by atoms with Gasteiger partial charge in [0.25, 0.3) is 5.91 Å². The molecule has 0 saturated heterocycles. The zero-order chi connectivity index (χ0) is 20.4. The fraction of sp³-hybridized carbons (Fsp3) is 0.316. The third kappa shape index (κ3) is 5.11. The van der Waals surface area contributed by atoms with Crippen LogP contribution in [-0.4, -0.2) is 20.4 Å². The zero-order valence-electron chi connectivity index (χ0n) is 15.5. The topological polar surface area (TPSA) is 75.3 Å². The molecule has 0 aliphatic heterocycles. The number of rotatable bonds is 6. The van der Waals surface area contributed by atoms with Crippen LogP contribution in [0.2, 0.25) is 0 Å². The number of halogens is 2. The Morgan fingerprint density at radius 1 is 1.00 bits per heavy atom. The molecule has 2 aromatic carbocycles. The quantitative estimate of drug-likeness (QED) is 0.779. The van der Waals surface area contributed by atoms with Crippen molar-refractivity contribution in [3.8, 4) is 0 Å². The van der Waals surface area contributed by atoms with E-state index in [0.717, 1.165) is 12.1 Å². The van der Waals surface area contributed by atoms with Crippen molar-refractivity contribution in [2.24, 2.45) is 5.92 Å². The van der Waals surface area contributed by atoms with Crippen molar-refractivity contribution >= 4 is 21.6 Å². The molecule has 0 aliphatic carbocycles. The first kappa shape index (κ1) is 21.0. The van der Waals surface area contributed by atoms with E-state index in [0.29, 0.717) is 5.56 Å². The molecule has 0 heterocycles. The minimum atomic E-state index is -3.80. The van der Waals surface area contributed by atoms with Gasteiger partial charge in [0.2, 0.25) is 10.0 Å². The average Bonchev–Trinajstić information content (AvgIpc) is 2.57. The number of nitrogens with one attached hydrogen (secondary N) is 2. The van der Waals surface area contributed by atoms with E-state index in [2.05, 4.69) is 10.0 Å². The van der Waals surface area contributed by atoms with Crippen LogP contribution in [0.25, 0.3) is 0 Å². The number of amides is 1. The maximum atomic E-state index is 13.3. The highest BCUT2D eigenvalue weighted by atomic mass is 32.2. The molecule has 146 valence electrons. The van der Waals surface area contributed by atoms with Gasteiger partial charge in [-0.2, -0.15) is 0 Å². The van der Waals surface area contributed by atoms with E-state index in [1.54, 1.807) is 13.8 Å². The molecule has 0 aliphatic rings. The summed E-state index contributed by atoms with van der Waals surface area (Å²) >= 11 is 0. The Balaban J connectivity index is 2.31. The van der Waals surface area contributed by atoms with Gasteiger partial charge in [-0.1, -0.05) is 19.9 Å². The standard InChI is InChI=1S/C19H22F2N2O3S/c1-11(2)13(4)23-27(25,26)15-7-5-12(3)16(10-15)19(24)22-14-6-8-17(20)18(21)9-14/h5-11,13,23H,1-4H3,(H,22,24). The number of sulfonamides is 1. The van der Waals surface area contributed by atoms with Crippen molar-refractivity contribution in [3.05, 3.63) is 59.2 Å². The summed E-state index contributed by atoms with van der Waals surface area (Å²) in [6, 6.07) is 6.90. The van der Waals surface area contributed by atoms with Gasteiger partial charge < -0.3 is 5.32 Å². The molecule has 0 spiro atoms. The molecular formula is C19H22F2N2O3S. The number of hydrogen-bond acceptors (Lipinski definition) is 3. The SMILES string of the molecule is Cc1ccc(S(=O)(=O)NC(C)C(C)C)cc1C(=O)Nc1ccc(F)c(F)c1. The number of carbonyl (C=O) groups excluding carboxylic acids is 1. The number of aryl methyl sites for hydroxylation is 1. The van der Waals surface area contributed by atoms with Gasteiger partial charge in [-0.25, -0.2) is 21.9 Å². The molecule has 5 nitrogen and oxygen atoms in total. The van der Waals surface area contributed by atoms with Gasteiger partial charge in [-0.05, 0) is 49.6 Å². The molecule has 2 rings (SSSR count). The first-order valence-electron chi connectivity index (χ1n) is 8.40.